The summed E-state index contributed by atoms with van der Waals surface area (Å²) in [4.78, 5) is 20.6. The smallest absolute Gasteiger partial charge is 0.279 e. The fraction of sp³-hybridized carbons (Fsp3) is 0.273. The van der Waals surface area contributed by atoms with E-state index in [9.17, 15) is 4.79 Å². The zero-order valence-corrected chi connectivity index (χ0v) is 16.8. The minimum absolute atomic E-state index is 0.0111. The van der Waals surface area contributed by atoms with Gasteiger partial charge in [0, 0.05) is 37.4 Å². The molecule has 2 aliphatic heterocycles. The molecule has 2 aromatic carbocycles. The fourth-order valence-electron chi connectivity index (χ4n) is 4.05. The number of ether oxygens (including phenoxy) is 1. The van der Waals surface area contributed by atoms with Crippen LogP contribution in [0.1, 0.15) is 12.0 Å². The van der Waals surface area contributed by atoms with E-state index in [2.05, 4.69) is 28.2 Å². The van der Waals surface area contributed by atoms with Crippen LogP contribution in [0.25, 0.3) is 10.2 Å². The van der Waals surface area contributed by atoms with E-state index < -0.39 is 0 Å². The summed E-state index contributed by atoms with van der Waals surface area (Å²) in [6.07, 6.45) is 3.14. The molecule has 6 nitrogen and oxygen atoms in total. The summed E-state index contributed by atoms with van der Waals surface area (Å²) < 4.78 is 7.05. The second kappa shape index (κ2) is 7.50. The number of likely N-dealkylation sites (tertiary alicyclic amines) is 1. The zero-order chi connectivity index (χ0) is 19.8. The van der Waals surface area contributed by atoms with E-state index >= 15 is 0 Å². The molecule has 148 valence electrons. The molecule has 1 atom stereocenters. The summed E-state index contributed by atoms with van der Waals surface area (Å²) >= 11 is 1.55. The number of carbonyl (C=O) groups is 1. The van der Waals surface area contributed by atoms with Crippen molar-refractivity contribution in [2.75, 3.05) is 19.6 Å². The molecule has 1 aromatic heterocycles. The van der Waals surface area contributed by atoms with Crippen LogP contribution >= 0.6 is 11.3 Å². The molecule has 0 saturated carbocycles. The fourth-order valence-corrected chi connectivity index (χ4v) is 4.88. The molecule has 0 radical (unpaired) electrons. The van der Waals surface area contributed by atoms with E-state index in [1.165, 1.54) is 5.56 Å². The monoisotopic (exact) mass is 406 g/mol. The van der Waals surface area contributed by atoms with Gasteiger partial charge in [-0.1, -0.05) is 35.6 Å². The molecule has 1 fully saturated rings. The summed E-state index contributed by atoms with van der Waals surface area (Å²) in [5.41, 5.74) is 8.82. The highest BCUT2D eigenvalue weighted by atomic mass is 32.1. The van der Waals surface area contributed by atoms with Gasteiger partial charge >= 0.3 is 0 Å². The summed E-state index contributed by atoms with van der Waals surface area (Å²) in [7, 11) is 0. The number of thiazole rings is 1. The third kappa shape index (κ3) is 3.59. The van der Waals surface area contributed by atoms with Gasteiger partial charge < -0.3 is 20.3 Å². The number of rotatable bonds is 5. The second-order valence-corrected chi connectivity index (χ2v) is 8.41. The molecule has 7 heteroatoms. The van der Waals surface area contributed by atoms with Crippen molar-refractivity contribution in [3.05, 3.63) is 66.0 Å². The van der Waals surface area contributed by atoms with Crippen LogP contribution in [0.4, 0.5) is 0 Å². The minimum Gasteiger partial charge on any atom is -0.431 e. The minimum atomic E-state index is 0.0111. The predicted molar refractivity (Wildman–Crippen MR) is 114 cm³/mol. The normalized spacial score (nSPS) is 18.2. The van der Waals surface area contributed by atoms with E-state index in [1.54, 1.807) is 11.3 Å². The van der Waals surface area contributed by atoms with Crippen molar-refractivity contribution in [2.45, 2.75) is 13.0 Å². The number of para-hydroxylation sites is 1. The first-order valence-electron chi connectivity index (χ1n) is 9.78. The number of hydrogen-bond acceptors (Lipinski definition) is 6. The quantitative estimate of drug-likeness (QED) is 0.702. The molecule has 3 aromatic rings. The number of carbonyl (C=O) groups excluding carboxylic acids is 1. The first-order chi connectivity index (χ1) is 14.2. The highest BCUT2D eigenvalue weighted by molar-refractivity contribution is 7.20. The van der Waals surface area contributed by atoms with Crippen LogP contribution in [0.5, 0.6) is 10.9 Å². The Kier molecular flexibility index (Phi) is 4.69. The van der Waals surface area contributed by atoms with E-state index in [4.69, 9.17) is 10.5 Å². The van der Waals surface area contributed by atoms with Crippen molar-refractivity contribution in [3.63, 3.8) is 0 Å². The predicted octanol–water partition coefficient (Wildman–Crippen LogP) is 3.55. The van der Waals surface area contributed by atoms with Gasteiger partial charge in [-0.2, -0.15) is 0 Å². The van der Waals surface area contributed by atoms with Gasteiger partial charge in [0.15, 0.2) is 0 Å². The number of nitrogens with zero attached hydrogens (tertiary/aromatic N) is 3. The Morgan fingerprint density at radius 2 is 2.03 bits per heavy atom. The summed E-state index contributed by atoms with van der Waals surface area (Å²) in [6, 6.07) is 16.1. The molecular weight excluding hydrogens is 384 g/mol. The Balaban J connectivity index is 1.24. The van der Waals surface area contributed by atoms with Gasteiger partial charge in [-0.15, -0.1) is 0 Å². The van der Waals surface area contributed by atoms with Crippen molar-refractivity contribution in [2.24, 2.45) is 11.7 Å². The van der Waals surface area contributed by atoms with Gasteiger partial charge in [0.1, 0.15) is 5.75 Å². The largest absolute Gasteiger partial charge is 0.431 e. The Morgan fingerprint density at radius 1 is 1.21 bits per heavy atom. The average molecular weight is 407 g/mol. The molecule has 1 unspecified atom stereocenters. The zero-order valence-electron chi connectivity index (χ0n) is 16.0. The van der Waals surface area contributed by atoms with Crippen LogP contribution < -0.4 is 10.5 Å². The maximum atomic E-state index is 12.0. The van der Waals surface area contributed by atoms with Crippen molar-refractivity contribution < 1.29 is 9.53 Å². The Morgan fingerprint density at radius 3 is 2.83 bits per heavy atom. The molecule has 0 spiro atoms. The van der Waals surface area contributed by atoms with Crippen molar-refractivity contribution in [1.82, 2.24) is 14.8 Å². The number of aromatic nitrogens is 1. The van der Waals surface area contributed by atoms with Crippen molar-refractivity contribution >= 4 is 27.5 Å². The molecule has 29 heavy (non-hydrogen) atoms. The lowest BCUT2D eigenvalue weighted by Crippen LogP contribution is -2.32. The Hall–Kier alpha value is -2.90. The van der Waals surface area contributed by atoms with Crippen LogP contribution in [0.3, 0.4) is 0 Å². The third-order valence-corrected chi connectivity index (χ3v) is 6.38. The number of amides is 1. The molecule has 2 N–H and O–H groups in total. The van der Waals surface area contributed by atoms with Crippen molar-refractivity contribution in [3.8, 4) is 10.9 Å². The van der Waals surface area contributed by atoms with Gasteiger partial charge in [-0.3, -0.25) is 4.79 Å². The number of hydrogen-bond donors (Lipinski definition) is 1. The van der Waals surface area contributed by atoms with Gasteiger partial charge in [0.2, 0.25) is 5.91 Å². The summed E-state index contributed by atoms with van der Waals surface area (Å²) in [5, 5.41) is 0.653. The standard InChI is InChI=1S/C22H22N4O2S/c23-11-21(27)26-10-9-16-13-25(14-19(16)26)12-15-5-7-17(8-6-15)28-22-24-18-3-1-2-4-20(18)29-22/h1-8,14,16H,9-13,23H2. The second-order valence-electron chi connectivity index (χ2n) is 7.41. The van der Waals surface area contributed by atoms with Gasteiger partial charge in [-0.05, 0) is 36.2 Å². The molecule has 5 rings (SSSR count). The third-order valence-electron chi connectivity index (χ3n) is 5.46. The molecule has 1 saturated heterocycles. The molecule has 2 aliphatic rings. The molecule has 1 amide bonds. The van der Waals surface area contributed by atoms with Crippen LogP contribution in [-0.4, -0.2) is 40.3 Å². The highest BCUT2D eigenvalue weighted by Gasteiger charge is 2.36. The molecule has 3 heterocycles. The van der Waals surface area contributed by atoms with Crippen LogP contribution in [0.2, 0.25) is 0 Å². The maximum Gasteiger partial charge on any atom is 0.279 e. The van der Waals surface area contributed by atoms with Crippen molar-refractivity contribution in [1.29, 1.82) is 0 Å². The number of benzene rings is 2. The van der Waals surface area contributed by atoms with Gasteiger partial charge in [0.25, 0.3) is 5.19 Å². The summed E-state index contributed by atoms with van der Waals surface area (Å²) in [6.45, 7) is 2.62. The number of nitrogens with two attached hydrogens (primary N) is 1. The Labute approximate surface area is 173 Å². The van der Waals surface area contributed by atoms with Crippen LogP contribution in [0.15, 0.2) is 60.4 Å². The van der Waals surface area contributed by atoms with E-state index in [0.717, 1.165) is 47.7 Å². The topological polar surface area (TPSA) is 71.7 Å². The first-order valence-corrected chi connectivity index (χ1v) is 10.6. The lowest BCUT2D eigenvalue weighted by Gasteiger charge is -2.18. The molecule has 0 aliphatic carbocycles. The van der Waals surface area contributed by atoms with E-state index in [1.807, 2.05) is 41.3 Å². The van der Waals surface area contributed by atoms with E-state index in [0.29, 0.717) is 11.1 Å². The van der Waals surface area contributed by atoms with Gasteiger partial charge in [-0.25, -0.2) is 4.98 Å². The summed E-state index contributed by atoms with van der Waals surface area (Å²) in [5.74, 6) is 1.23. The average Bonchev–Trinajstić information content (AvgIpc) is 3.42. The lowest BCUT2D eigenvalue weighted by molar-refractivity contribution is -0.127. The number of fused-ring (bicyclic) bond motifs is 2. The van der Waals surface area contributed by atoms with Gasteiger partial charge in [0.05, 0.1) is 16.8 Å². The van der Waals surface area contributed by atoms with E-state index in [-0.39, 0.29) is 12.5 Å². The molecule has 0 bridgehead atoms. The molecular formula is C22H22N4O2S. The lowest BCUT2D eigenvalue weighted by atomic mass is 10.1. The first kappa shape index (κ1) is 18.1. The Bertz CT molecular complexity index is 1040. The SMILES string of the molecule is NCC(=O)N1CCC2CN(Cc3ccc(Oc4nc5ccccc5s4)cc3)C=C21. The highest BCUT2D eigenvalue weighted by Crippen LogP contribution is 2.35. The van der Waals surface area contributed by atoms with Crippen LogP contribution in [0, 0.1) is 5.92 Å². The van der Waals surface area contributed by atoms with Crippen LogP contribution in [-0.2, 0) is 11.3 Å². The maximum absolute atomic E-state index is 12.0.